The van der Waals surface area contributed by atoms with E-state index in [0.29, 0.717) is 5.71 Å². The number of benzene rings is 1. The van der Waals surface area contributed by atoms with Crippen LogP contribution < -0.4 is 0 Å². The first-order valence-electron chi connectivity index (χ1n) is 3.46. The minimum Gasteiger partial charge on any atom is -0.305 e. The van der Waals surface area contributed by atoms with Gasteiger partial charge in [-0.1, -0.05) is 11.6 Å². The van der Waals surface area contributed by atoms with Crippen molar-refractivity contribution in [1.29, 1.82) is 5.41 Å². The molecule has 11 heavy (non-hydrogen) atoms. The van der Waals surface area contributed by atoms with Gasteiger partial charge in [0.25, 0.3) is 0 Å². The Morgan fingerprint density at radius 1 is 1.45 bits per heavy atom. The van der Waals surface area contributed by atoms with Crippen LogP contribution in [0, 0.1) is 12.3 Å². The molecule has 0 unspecified atom stereocenters. The maximum Gasteiger partial charge on any atom is 0.0366 e. The highest BCUT2D eigenvalue weighted by molar-refractivity contribution is 7.80. The Labute approximate surface area is 72.4 Å². The summed E-state index contributed by atoms with van der Waals surface area (Å²) in [5.74, 6) is 0. The molecule has 0 bridgehead atoms. The van der Waals surface area contributed by atoms with Crippen molar-refractivity contribution in [1.82, 2.24) is 0 Å². The molecule has 58 valence electrons. The van der Waals surface area contributed by atoms with E-state index in [4.69, 9.17) is 5.41 Å². The molecule has 1 rings (SSSR count). The summed E-state index contributed by atoms with van der Waals surface area (Å²) < 4.78 is 0. The molecule has 0 aliphatic heterocycles. The van der Waals surface area contributed by atoms with Crippen molar-refractivity contribution >= 4 is 18.3 Å². The summed E-state index contributed by atoms with van der Waals surface area (Å²) in [6.07, 6.45) is 0. The van der Waals surface area contributed by atoms with Gasteiger partial charge in [0.05, 0.1) is 0 Å². The van der Waals surface area contributed by atoms with Crippen LogP contribution in [0.5, 0.6) is 0 Å². The predicted molar refractivity (Wildman–Crippen MR) is 50.9 cm³/mol. The fraction of sp³-hybridized carbons (Fsp3) is 0.222. The van der Waals surface area contributed by atoms with Crippen molar-refractivity contribution in [2.24, 2.45) is 0 Å². The largest absolute Gasteiger partial charge is 0.305 e. The Bertz CT molecular complexity index is 292. The van der Waals surface area contributed by atoms with Gasteiger partial charge in [0, 0.05) is 16.2 Å². The van der Waals surface area contributed by atoms with Gasteiger partial charge in [-0.3, -0.25) is 0 Å². The molecule has 1 N–H and O–H groups in total. The number of rotatable bonds is 1. The minimum atomic E-state index is 0.568. The van der Waals surface area contributed by atoms with Gasteiger partial charge in [-0.2, -0.15) is 0 Å². The molecule has 1 aromatic rings. The maximum atomic E-state index is 7.42. The smallest absolute Gasteiger partial charge is 0.0366 e. The van der Waals surface area contributed by atoms with Gasteiger partial charge in [0.1, 0.15) is 0 Å². The van der Waals surface area contributed by atoms with Crippen LogP contribution in [0.2, 0.25) is 0 Å². The lowest BCUT2D eigenvalue weighted by atomic mass is 10.1. The molecule has 0 radical (unpaired) electrons. The zero-order valence-corrected chi connectivity index (χ0v) is 7.57. The van der Waals surface area contributed by atoms with E-state index in [1.165, 1.54) is 5.56 Å². The van der Waals surface area contributed by atoms with Crippen LogP contribution in [0.3, 0.4) is 0 Å². The minimum absolute atomic E-state index is 0.568. The van der Waals surface area contributed by atoms with E-state index < -0.39 is 0 Å². The van der Waals surface area contributed by atoms with Crippen molar-refractivity contribution < 1.29 is 0 Å². The molecule has 0 saturated carbocycles. The Morgan fingerprint density at radius 3 is 2.55 bits per heavy atom. The predicted octanol–water partition coefficient (Wildman–Crippen LogP) is 2.67. The first kappa shape index (κ1) is 8.34. The Kier molecular flexibility index (Phi) is 2.35. The normalized spacial score (nSPS) is 9.73. The molecule has 1 nitrogen and oxygen atoms in total. The van der Waals surface area contributed by atoms with E-state index in [2.05, 4.69) is 12.6 Å². The number of hydrogen-bond donors (Lipinski definition) is 2. The average molecular weight is 165 g/mol. The summed E-state index contributed by atoms with van der Waals surface area (Å²) in [5.41, 5.74) is 2.66. The molecular formula is C9H11NS. The topological polar surface area (TPSA) is 23.9 Å². The number of aryl methyl sites for hydroxylation is 1. The number of thiol groups is 1. The number of hydrogen-bond acceptors (Lipinski definition) is 2. The second-order valence-electron chi connectivity index (χ2n) is 2.65. The summed E-state index contributed by atoms with van der Waals surface area (Å²) in [5, 5.41) is 7.42. The van der Waals surface area contributed by atoms with Crippen molar-refractivity contribution in [2.45, 2.75) is 18.7 Å². The Hall–Kier alpha value is -0.760. The lowest BCUT2D eigenvalue weighted by Crippen LogP contribution is -1.94. The van der Waals surface area contributed by atoms with Gasteiger partial charge in [-0.05, 0) is 26.0 Å². The second kappa shape index (κ2) is 3.09. The summed E-state index contributed by atoms with van der Waals surface area (Å²) >= 11 is 4.24. The van der Waals surface area contributed by atoms with Crippen LogP contribution in [-0.2, 0) is 0 Å². The molecule has 0 amide bonds. The van der Waals surface area contributed by atoms with Gasteiger partial charge in [-0.15, -0.1) is 12.6 Å². The van der Waals surface area contributed by atoms with Gasteiger partial charge >= 0.3 is 0 Å². The summed E-state index contributed by atoms with van der Waals surface area (Å²) in [4.78, 5) is 0.878. The fourth-order valence-electron chi connectivity index (χ4n) is 0.950. The van der Waals surface area contributed by atoms with E-state index >= 15 is 0 Å². The molecule has 0 heterocycles. The Balaban J connectivity index is 3.23. The molecule has 0 saturated heterocycles. The molecular weight excluding hydrogens is 154 g/mol. The van der Waals surface area contributed by atoms with Crippen LogP contribution in [0.15, 0.2) is 23.1 Å². The Morgan fingerprint density at radius 2 is 2.09 bits per heavy atom. The maximum absolute atomic E-state index is 7.42. The molecule has 0 atom stereocenters. The second-order valence-corrected chi connectivity index (χ2v) is 3.13. The third-order valence-electron chi connectivity index (χ3n) is 1.56. The first-order valence-corrected chi connectivity index (χ1v) is 3.91. The van der Waals surface area contributed by atoms with Crippen molar-refractivity contribution in [3.63, 3.8) is 0 Å². The molecule has 0 aliphatic carbocycles. The first-order chi connectivity index (χ1) is 5.11. The number of nitrogens with one attached hydrogen (secondary N) is 1. The lowest BCUT2D eigenvalue weighted by molar-refractivity contribution is 1.32. The van der Waals surface area contributed by atoms with Crippen LogP contribution in [0.1, 0.15) is 18.1 Å². The molecule has 0 fully saturated rings. The SMILES string of the molecule is CC(=N)c1cc(C)ccc1S. The van der Waals surface area contributed by atoms with Crippen LogP contribution >= 0.6 is 12.6 Å². The van der Waals surface area contributed by atoms with E-state index in [0.717, 1.165) is 10.5 Å². The van der Waals surface area contributed by atoms with E-state index in [1.54, 1.807) is 6.92 Å². The average Bonchev–Trinajstić information content (AvgIpc) is 1.94. The summed E-state index contributed by atoms with van der Waals surface area (Å²) in [7, 11) is 0. The molecule has 0 aromatic heterocycles. The van der Waals surface area contributed by atoms with Crippen LogP contribution in [-0.4, -0.2) is 5.71 Å². The van der Waals surface area contributed by atoms with Crippen LogP contribution in [0.4, 0.5) is 0 Å². The standard InChI is InChI=1S/C9H11NS/c1-6-3-4-9(11)8(5-6)7(2)10/h3-5,10-11H,1-2H3. The van der Waals surface area contributed by atoms with Crippen molar-refractivity contribution in [2.75, 3.05) is 0 Å². The molecule has 2 heteroatoms. The van der Waals surface area contributed by atoms with E-state index in [1.807, 2.05) is 25.1 Å². The van der Waals surface area contributed by atoms with Crippen molar-refractivity contribution in [3.05, 3.63) is 29.3 Å². The highest BCUT2D eigenvalue weighted by Gasteiger charge is 1.99. The zero-order valence-electron chi connectivity index (χ0n) is 6.68. The third kappa shape index (κ3) is 1.84. The third-order valence-corrected chi connectivity index (χ3v) is 1.95. The monoisotopic (exact) mass is 165 g/mol. The fourth-order valence-corrected chi connectivity index (χ4v) is 1.26. The highest BCUT2D eigenvalue weighted by atomic mass is 32.1. The van der Waals surface area contributed by atoms with Gasteiger partial charge in [0.15, 0.2) is 0 Å². The van der Waals surface area contributed by atoms with Crippen molar-refractivity contribution in [3.8, 4) is 0 Å². The van der Waals surface area contributed by atoms with Gasteiger partial charge in [0.2, 0.25) is 0 Å². The quantitative estimate of drug-likeness (QED) is 0.472. The molecule has 1 aromatic carbocycles. The lowest BCUT2D eigenvalue weighted by Gasteiger charge is -2.02. The molecule has 0 aliphatic rings. The zero-order chi connectivity index (χ0) is 8.43. The highest BCUT2D eigenvalue weighted by Crippen LogP contribution is 2.15. The van der Waals surface area contributed by atoms with E-state index in [-0.39, 0.29) is 0 Å². The van der Waals surface area contributed by atoms with E-state index in [9.17, 15) is 0 Å². The van der Waals surface area contributed by atoms with Crippen LogP contribution in [0.25, 0.3) is 0 Å². The molecule has 0 spiro atoms. The van der Waals surface area contributed by atoms with Gasteiger partial charge in [-0.25, -0.2) is 0 Å². The summed E-state index contributed by atoms with van der Waals surface area (Å²) in [6, 6.07) is 5.89. The van der Waals surface area contributed by atoms with Gasteiger partial charge < -0.3 is 5.41 Å². The summed E-state index contributed by atoms with van der Waals surface area (Å²) in [6.45, 7) is 3.79.